The Kier molecular flexibility index (Phi) is 5.38. The fourth-order valence-corrected chi connectivity index (χ4v) is 2.30. The van der Waals surface area contributed by atoms with Crippen molar-refractivity contribution in [3.63, 3.8) is 0 Å². The molecule has 0 unspecified atom stereocenters. The molecule has 1 amide bonds. The number of aliphatic hydroxyl groups excluding tert-OH is 1. The van der Waals surface area contributed by atoms with Crippen molar-refractivity contribution in [1.82, 2.24) is 4.98 Å². The van der Waals surface area contributed by atoms with E-state index >= 15 is 0 Å². The van der Waals surface area contributed by atoms with Crippen molar-refractivity contribution in [2.24, 2.45) is 0 Å². The third-order valence-corrected chi connectivity index (χ3v) is 3.48. The van der Waals surface area contributed by atoms with Gasteiger partial charge in [-0.25, -0.2) is 4.98 Å². The van der Waals surface area contributed by atoms with Gasteiger partial charge >= 0.3 is 0 Å². The number of anilines is 1. The Balaban J connectivity index is 2.29. The maximum atomic E-state index is 12.4. The topological polar surface area (TPSA) is 62.2 Å². The van der Waals surface area contributed by atoms with E-state index in [1.54, 1.807) is 30.1 Å². The standard InChI is InChI=1S/C16H14N2O2S/c1-21-14-9-3-2-8-13(14)18-16(20)15-12(7-5-11-19)6-4-10-17-15/h2-4,6,8-10,19H,11H2,1H3,(H,18,20). The normalized spacial score (nSPS) is 9.62. The second kappa shape index (κ2) is 7.48. The largest absolute Gasteiger partial charge is 0.384 e. The summed E-state index contributed by atoms with van der Waals surface area (Å²) in [5, 5.41) is 11.6. The van der Waals surface area contributed by atoms with Gasteiger partial charge in [-0.05, 0) is 30.5 Å². The lowest BCUT2D eigenvalue weighted by Gasteiger charge is -2.09. The van der Waals surface area contributed by atoms with Gasteiger partial charge in [-0.3, -0.25) is 4.79 Å². The fraction of sp³-hybridized carbons (Fsp3) is 0.125. The SMILES string of the molecule is CSc1ccccc1NC(=O)c1ncccc1C#CCO. The minimum Gasteiger partial charge on any atom is -0.384 e. The molecule has 0 atom stereocenters. The molecule has 1 aromatic heterocycles. The Bertz CT molecular complexity index is 705. The van der Waals surface area contributed by atoms with Crippen LogP contribution in [-0.4, -0.2) is 28.9 Å². The van der Waals surface area contributed by atoms with Crippen molar-refractivity contribution < 1.29 is 9.90 Å². The van der Waals surface area contributed by atoms with Crippen LogP contribution in [0.25, 0.3) is 0 Å². The van der Waals surface area contributed by atoms with Crippen LogP contribution in [0.5, 0.6) is 0 Å². The Hall–Kier alpha value is -2.29. The second-order valence-corrected chi connectivity index (χ2v) is 4.86. The number of rotatable bonds is 3. The summed E-state index contributed by atoms with van der Waals surface area (Å²) in [6.07, 6.45) is 3.49. The van der Waals surface area contributed by atoms with Gasteiger partial charge in [0.2, 0.25) is 0 Å². The number of pyridine rings is 1. The van der Waals surface area contributed by atoms with Gasteiger partial charge in [-0.15, -0.1) is 11.8 Å². The molecule has 0 spiro atoms. The number of amides is 1. The average Bonchev–Trinajstić information content (AvgIpc) is 2.53. The van der Waals surface area contributed by atoms with Crippen molar-refractivity contribution in [3.05, 3.63) is 53.9 Å². The lowest BCUT2D eigenvalue weighted by Crippen LogP contribution is -2.15. The summed E-state index contributed by atoms with van der Waals surface area (Å²) in [5.74, 6) is 4.94. The smallest absolute Gasteiger partial charge is 0.275 e. The molecule has 0 aliphatic rings. The number of carbonyl (C=O) groups is 1. The Morgan fingerprint density at radius 3 is 2.90 bits per heavy atom. The van der Waals surface area contributed by atoms with E-state index in [1.807, 2.05) is 30.5 Å². The molecular formula is C16H14N2O2S. The molecule has 0 radical (unpaired) electrons. The molecule has 4 nitrogen and oxygen atoms in total. The molecule has 2 aromatic rings. The number of nitrogens with zero attached hydrogens (tertiary/aromatic N) is 1. The highest BCUT2D eigenvalue weighted by Gasteiger charge is 2.13. The van der Waals surface area contributed by atoms with Crippen LogP contribution in [0.15, 0.2) is 47.5 Å². The maximum Gasteiger partial charge on any atom is 0.275 e. The molecule has 0 saturated heterocycles. The molecule has 0 aliphatic carbocycles. The van der Waals surface area contributed by atoms with Crippen molar-refractivity contribution in [2.75, 3.05) is 18.2 Å². The predicted octanol–water partition coefficient (Wildman–Crippen LogP) is 2.40. The summed E-state index contributed by atoms with van der Waals surface area (Å²) < 4.78 is 0. The third kappa shape index (κ3) is 3.85. The number of nitrogens with one attached hydrogen (secondary N) is 1. The Morgan fingerprint density at radius 2 is 2.14 bits per heavy atom. The van der Waals surface area contributed by atoms with Crippen LogP contribution < -0.4 is 5.32 Å². The van der Waals surface area contributed by atoms with E-state index in [0.29, 0.717) is 5.56 Å². The summed E-state index contributed by atoms with van der Waals surface area (Å²) in [7, 11) is 0. The zero-order valence-corrected chi connectivity index (χ0v) is 12.3. The van der Waals surface area contributed by atoms with Crippen LogP contribution in [-0.2, 0) is 0 Å². The van der Waals surface area contributed by atoms with E-state index in [9.17, 15) is 4.79 Å². The number of hydrogen-bond acceptors (Lipinski definition) is 4. The lowest BCUT2D eigenvalue weighted by molar-refractivity contribution is 0.102. The summed E-state index contributed by atoms with van der Waals surface area (Å²) in [4.78, 5) is 17.4. The van der Waals surface area contributed by atoms with Gasteiger partial charge in [-0.2, -0.15) is 0 Å². The van der Waals surface area contributed by atoms with Gasteiger partial charge in [0.25, 0.3) is 5.91 Å². The molecular weight excluding hydrogens is 284 g/mol. The monoisotopic (exact) mass is 298 g/mol. The highest BCUT2D eigenvalue weighted by atomic mass is 32.2. The number of para-hydroxylation sites is 1. The minimum absolute atomic E-state index is 0.245. The van der Waals surface area contributed by atoms with Crippen LogP contribution in [0.2, 0.25) is 0 Å². The van der Waals surface area contributed by atoms with Crippen molar-refractivity contribution >= 4 is 23.4 Å². The van der Waals surface area contributed by atoms with E-state index in [-0.39, 0.29) is 18.2 Å². The fourth-order valence-electron chi connectivity index (χ4n) is 1.75. The van der Waals surface area contributed by atoms with Crippen molar-refractivity contribution in [3.8, 4) is 11.8 Å². The van der Waals surface area contributed by atoms with Crippen LogP contribution in [0.1, 0.15) is 16.1 Å². The summed E-state index contributed by atoms with van der Waals surface area (Å²) >= 11 is 1.55. The van der Waals surface area contributed by atoms with E-state index in [0.717, 1.165) is 10.6 Å². The van der Waals surface area contributed by atoms with Gasteiger partial charge in [0.05, 0.1) is 11.3 Å². The number of aromatic nitrogens is 1. The first-order valence-electron chi connectivity index (χ1n) is 6.25. The molecule has 2 rings (SSSR count). The summed E-state index contributed by atoms with van der Waals surface area (Å²) in [5.41, 5.74) is 1.47. The zero-order chi connectivity index (χ0) is 15.1. The number of hydrogen-bond donors (Lipinski definition) is 2. The number of aliphatic hydroxyl groups is 1. The van der Waals surface area contributed by atoms with Crippen molar-refractivity contribution in [2.45, 2.75) is 4.90 Å². The molecule has 0 aliphatic heterocycles. The first-order chi connectivity index (χ1) is 10.3. The van der Waals surface area contributed by atoms with Gasteiger partial charge in [0.1, 0.15) is 12.3 Å². The number of benzene rings is 1. The van der Waals surface area contributed by atoms with Crippen LogP contribution >= 0.6 is 11.8 Å². The number of thioether (sulfide) groups is 1. The zero-order valence-electron chi connectivity index (χ0n) is 11.5. The molecule has 21 heavy (non-hydrogen) atoms. The van der Waals surface area contributed by atoms with E-state index in [1.165, 1.54) is 0 Å². The van der Waals surface area contributed by atoms with Crippen LogP contribution in [0, 0.1) is 11.8 Å². The molecule has 0 bridgehead atoms. The van der Waals surface area contributed by atoms with E-state index < -0.39 is 0 Å². The molecule has 0 saturated carbocycles. The molecule has 2 N–H and O–H groups in total. The van der Waals surface area contributed by atoms with Crippen LogP contribution in [0.4, 0.5) is 5.69 Å². The van der Waals surface area contributed by atoms with Crippen LogP contribution in [0.3, 0.4) is 0 Å². The third-order valence-electron chi connectivity index (χ3n) is 2.68. The molecule has 106 valence electrons. The first-order valence-corrected chi connectivity index (χ1v) is 7.48. The maximum absolute atomic E-state index is 12.4. The van der Waals surface area contributed by atoms with E-state index in [4.69, 9.17) is 5.11 Å². The molecule has 1 heterocycles. The highest BCUT2D eigenvalue weighted by molar-refractivity contribution is 7.98. The summed E-state index contributed by atoms with van der Waals surface area (Å²) in [6.45, 7) is -0.259. The minimum atomic E-state index is -0.320. The van der Waals surface area contributed by atoms with E-state index in [2.05, 4.69) is 22.1 Å². The van der Waals surface area contributed by atoms with Crippen molar-refractivity contribution in [1.29, 1.82) is 0 Å². The molecule has 1 aromatic carbocycles. The summed E-state index contributed by atoms with van der Waals surface area (Å²) in [6, 6.07) is 11.0. The average molecular weight is 298 g/mol. The second-order valence-electron chi connectivity index (χ2n) is 4.01. The quantitative estimate of drug-likeness (QED) is 0.675. The predicted molar refractivity (Wildman–Crippen MR) is 84.4 cm³/mol. The van der Waals surface area contributed by atoms with Gasteiger partial charge < -0.3 is 10.4 Å². The van der Waals surface area contributed by atoms with Gasteiger partial charge in [-0.1, -0.05) is 24.0 Å². The lowest BCUT2D eigenvalue weighted by atomic mass is 10.2. The Labute approximate surface area is 127 Å². The van der Waals surface area contributed by atoms with Gasteiger partial charge in [0.15, 0.2) is 0 Å². The number of carbonyl (C=O) groups excluding carboxylic acids is 1. The Morgan fingerprint density at radius 1 is 1.33 bits per heavy atom. The highest BCUT2D eigenvalue weighted by Crippen LogP contribution is 2.25. The van der Waals surface area contributed by atoms with Gasteiger partial charge in [0, 0.05) is 11.1 Å². The molecule has 0 fully saturated rings. The molecule has 5 heteroatoms. The first kappa shape index (κ1) is 15.1.